The lowest BCUT2D eigenvalue weighted by atomic mass is 10.1. The van der Waals surface area contributed by atoms with Crippen LogP contribution in [0.15, 0.2) is 24.5 Å². The second-order valence-corrected chi connectivity index (χ2v) is 7.10. The van der Waals surface area contributed by atoms with E-state index in [0.717, 1.165) is 46.7 Å². The van der Waals surface area contributed by atoms with Crippen LogP contribution in [0.25, 0.3) is 10.2 Å². The summed E-state index contributed by atoms with van der Waals surface area (Å²) in [5.74, 6) is 0.127. The fraction of sp³-hybridized carbons (Fsp3) is 0.438. The lowest BCUT2D eigenvalue weighted by molar-refractivity contribution is 0.0678. The predicted molar refractivity (Wildman–Crippen MR) is 89.7 cm³/mol. The van der Waals surface area contributed by atoms with Gasteiger partial charge in [-0.15, -0.1) is 11.3 Å². The zero-order chi connectivity index (χ0) is 16.0. The molecule has 6 nitrogen and oxygen atoms in total. The number of nitrogens with zero attached hydrogens (tertiary/aromatic N) is 5. The van der Waals surface area contributed by atoms with Crippen LogP contribution in [-0.2, 0) is 7.05 Å². The summed E-state index contributed by atoms with van der Waals surface area (Å²) in [6.07, 6.45) is 5.86. The minimum atomic E-state index is 0.127. The minimum Gasteiger partial charge on any atom is -0.336 e. The van der Waals surface area contributed by atoms with E-state index in [0.29, 0.717) is 0 Å². The molecule has 1 amide bonds. The van der Waals surface area contributed by atoms with Gasteiger partial charge in [0.2, 0.25) is 0 Å². The number of amides is 1. The molecule has 1 saturated heterocycles. The first-order valence-corrected chi connectivity index (χ1v) is 8.66. The van der Waals surface area contributed by atoms with Crippen LogP contribution in [-0.4, -0.2) is 43.5 Å². The number of fused-ring (bicyclic) bond motifs is 1. The lowest BCUT2D eigenvalue weighted by Crippen LogP contribution is -2.40. The summed E-state index contributed by atoms with van der Waals surface area (Å²) in [5.41, 5.74) is 0.978. The quantitative estimate of drug-likeness (QED) is 0.726. The van der Waals surface area contributed by atoms with Gasteiger partial charge < -0.3 is 4.90 Å². The second kappa shape index (κ2) is 5.49. The SMILES string of the molecule is Cc1nn(C)c2sc(C(=O)N3CCC[C@@H](n4cccn4)C3)cc12. The molecular formula is C16H19N5OS. The maximum Gasteiger partial charge on any atom is 0.264 e. The van der Waals surface area contributed by atoms with Gasteiger partial charge >= 0.3 is 0 Å². The summed E-state index contributed by atoms with van der Waals surface area (Å²) < 4.78 is 3.83. The molecule has 0 radical (unpaired) electrons. The molecule has 0 spiro atoms. The van der Waals surface area contributed by atoms with Crippen LogP contribution in [0.5, 0.6) is 0 Å². The van der Waals surface area contributed by atoms with Crippen molar-refractivity contribution in [2.45, 2.75) is 25.8 Å². The predicted octanol–water partition coefficient (Wildman–Crippen LogP) is 2.62. The second-order valence-electron chi connectivity index (χ2n) is 6.07. The van der Waals surface area contributed by atoms with Crippen molar-refractivity contribution in [1.29, 1.82) is 0 Å². The van der Waals surface area contributed by atoms with E-state index in [9.17, 15) is 4.79 Å². The molecule has 3 aromatic rings. The van der Waals surface area contributed by atoms with Crippen molar-refractivity contribution in [2.75, 3.05) is 13.1 Å². The van der Waals surface area contributed by atoms with Gasteiger partial charge in [-0.25, -0.2) is 0 Å². The normalized spacial score (nSPS) is 18.7. The fourth-order valence-electron chi connectivity index (χ4n) is 3.32. The van der Waals surface area contributed by atoms with E-state index >= 15 is 0 Å². The van der Waals surface area contributed by atoms with Crippen LogP contribution in [0.2, 0.25) is 0 Å². The maximum atomic E-state index is 12.9. The molecule has 0 unspecified atom stereocenters. The lowest BCUT2D eigenvalue weighted by Gasteiger charge is -2.32. The number of carbonyl (C=O) groups excluding carboxylic acids is 1. The highest BCUT2D eigenvalue weighted by atomic mass is 32.1. The molecule has 120 valence electrons. The van der Waals surface area contributed by atoms with Crippen LogP contribution >= 0.6 is 11.3 Å². The maximum absolute atomic E-state index is 12.9. The van der Waals surface area contributed by atoms with E-state index in [4.69, 9.17) is 0 Å². The molecule has 0 saturated carbocycles. The molecule has 1 fully saturated rings. The first-order valence-electron chi connectivity index (χ1n) is 7.85. The number of hydrogen-bond acceptors (Lipinski definition) is 4. The van der Waals surface area contributed by atoms with E-state index in [1.165, 1.54) is 11.3 Å². The van der Waals surface area contributed by atoms with Crippen LogP contribution in [0, 0.1) is 6.92 Å². The Morgan fingerprint density at radius 3 is 3.04 bits per heavy atom. The number of aryl methyl sites for hydroxylation is 2. The average molecular weight is 329 g/mol. The summed E-state index contributed by atoms with van der Waals surface area (Å²) in [4.78, 5) is 16.7. The molecule has 23 heavy (non-hydrogen) atoms. The van der Waals surface area contributed by atoms with Gasteiger partial charge in [-0.1, -0.05) is 0 Å². The number of piperidine rings is 1. The molecule has 3 aromatic heterocycles. The van der Waals surface area contributed by atoms with Crippen LogP contribution < -0.4 is 0 Å². The number of rotatable bonds is 2. The third-order valence-electron chi connectivity index (χ3n) is 4.49. The van der Waals surface area contributed by atoms with Gasteiger partial charge in [0.25, 0.3) is 5.91 Å². The Balaban J connectivity index is 1.58. The Hall–Kier alpha value is -2.15. The number of hydrogen-bond donors (Lipinski definition) is 0. The monoisotopic (exact) mass is 329 g/mol. The van der Waals surface area contributed by atoms with Gasteiger partial charge in [0.05, 0.1) is 16.6 Å². The number of thiophene rings is 1. The van der Waals surface area contributed by atoms with Crippen molar-refractivity contribution in [3.63, 3.8) is 0 Å². The van der Waals surface area contributed by atoms with Crippen molar-refractivity contribution in [1.82, 2.24) is 24.5 Å². The van der Waals surface area contributed by atoms with Gasteiger partial charge in [0.1, 0.15) is 4.83 Å². The fourth-order valence-corrected chi connectivity index (χ4v) is 4.41. The molecule has 0 N–H and O–H groups in total. The number of aromatic nitrogens is 4. The molecule has 4 rings (SSSR count). The summed E-state index contributed by atoms with van der Waals surface area (Å²) >= 11 is 1.53. The van der Waals surface area contributed by atoms with Crippen LogP contribution in [0.4, 0.5) is 0 Å². The Morgan fingerprint density at radius 1 is 1.43 bits per heavy atom. The van der Waals surface area contributed by atoms with Crippen molar-refractivity contribution >= 4 is 27.5 Å². The zero-order valence-electron chi connectivity index (χ0n) is 13.3. The van der Waals surface area contributed by atoms with Crippen LogP contribution in [0.1, 0.15) is 34.2 Å². The van der Waals surface area contributed by atoms with Crippen molar-refractivity contribution in [2.24, 2.45) is 7.05 Å². The molecule has 0 bridgehead atoms. The summed E-state index contributed by atoms with van der Waals surface area (Å²) in [6.45, 7) is 3.53. The van der Waals surface area contributed by atoms with E-state index in [1.807, 2.05) is 46.6 Å². The highest BCUT2D eigenvalue weighted by Crippen LogP contribution is 2.30. The van der Waals surface area contributed by atoms with Crippen molar-refractivity contribution in [3.05, 3.63) is 35.1 Å². The van der Waals surface area contributed by atoms with Gasteiger partial charge in [0.15, 0.2) is 0 Å². The molecule has 4 heterocycles. The first-order chi connectivity index (χ1) is 11.1. The van der Waals surface area contributed by atoms with Gasteiger partial charge in [0, 0.05) is 37.9 Å². The van der Waals surface area contributed by atoms with E-state index in [2.05, 4.69) is 10.2 Å². The molecule has 1 atom stereocenters. The molecule has 7 heteroatoms. The summed E-state index contributed by atoms with van der Waals surface area (Å²) in [7, 11) is 1.93. The average Bonchev–Trinajstić information content (AvgIpc) is 3.27. The zero-order valence-corrected chi connectivity index (χ0v) is 14.1. The highest BCUT2D eigenvalue weighted by molar-refractivity contribution is 7.20. The topological polar surface area (TPSA) is 56.0 Å². The third-order valence-corrected chi connectivity index (χ3v) is 5.68. The van der Waals surface area contributed by atoms with Crippen LogP contribution in [0.3, 0.4) is 0 Å². The molecule has 1 aliphatic rings. The third kappa shape index (κ3) is 2.45. The Kier molecular flexibility index (Phi) is 3.45. The molecule has 0 aromatic carbocycles. The Bertz CT molecular complexity index is 813. The highest BCUT2D eigenvalue weighted by Gasteiger charge is 2.27. The Morgan fingerprint density at radius 2 is 2.30 bits per heavy atom. The number of carbonyl (C=O) groups is 1. The largest absolute Gasteiger partial charge is 0.336 e. The van der Waals surface area contributed by atoms with Gasteiger partial charge in [-0.2, -0.15) is 10.2 Å². The van der Waals surface area contributed by atoms with E-state index in [1.54, 1.807) is 6.20 Å². The standard InChI is InChI=1S/C16H19N5OS/c1-11-13-9-14(23-16(13)19(2)18-11)15(22)20-7-3-5-12(10-20)21-8-4-6-17-21/h4,6,8-9,12H,3,5,7,10H2,1-2H3/t12-/m1/s1. The van der Waals surface area contributed by atoms with E-state index < -0.39 is 0 Å². The molecular weight excluding hydrogens is 310 g/mol. The minimum absolute atomic E-state index is 0.127. The van der Waals surface area contributed by atoms with E-state index in [-0.39, 0.29) is 11.9 Å². The summed E-state index contributed by atoms with van der Waals surface area (Å²) in [6, 6.07) is 4.20. The number of likely N-dealkylation sites (tertiary alicyclic amines) is 1. The van der Waals surface area contributed by atoms with Gasteiger partial charge in [-0.3, -0.25) is 14.2 Å². The Labute approximate surface area is 138 Å². The molecule has 1 aliphatic heterocycles. The van der Waals surface area contributed by atoms with Crippen molar-refractivity contribution < 1.29 is 4.79 Å². The van der Waals surface area contributed by atoms with Crippen molar-refractivity contribution in [3.8, 4) is 0 Å². The first kappa shape index (κ1) is 14.4. The van der Waals surface area contributed by atoms with Gasteiger partial charge in [-0.05, 0) is 31.9 Å². The smallest absolute Gasteiger partial charge is 0.264 e. The summed E-state index contributed by atoms with van der Waals surface area (Å²) in [5, 5.41) is 9.81. The molecule has 0 aliphatic carbocycles.